The lowest BCUT2D eigenvalue weighted by atomic mass is 9.84. The first-order chi connectivity index (χ1) is 18.0. The van der Waals surface area contributed by atoms with Crippen molar-refractivity contribution in [3.05, 3.63) is 71.5 Å². The number of ether oxygens (including phenoxy) is 1. The molecular formula is C28H34ClFN4O5. The summed E-state index contributed by atoms with van der Waals surface area (Å²) < 4.78 is 19.3. The highest BCUT2D eigenvalue weighted by atomic mass is 35.5. The summed E-state index contributed by atoms with van der Waals surface area (Å²) in [6.07, 6.45) is -0.0933. The van der Waals surface area contributed by atoms with Crippen LogP contribution in [0.3, 0.4) is 0 Å². The Morgan fingerprint density at radius 3 is 2.38 bits per heavy atom. The van der Waals surface area contributed by atoms with Crippen molar-refractivity contribution in [1.29, 1.82) is 0 Å². The van der Waals surface area contributed by atoms with Crippen LogP contribution < -0.4 is 11.1 Å². The first kappa shape index (κ1) is 30.2. The van der Waals surface area contributed by atoms with Crippen LogP contribution in [0.2, 0.25) is 0 Å². The van der Waals surface area contributed by atoms with E-state index in [1.54, 1.807) is 12.1 Å². The quantitative estimate of drug-likeness (QED) is 0.449. The van der Waals surface area contributed by atoms with Crippen molar-refractivity contribution in [1.82, 2.24) is 15.1 Å². The fraction of sp³-hybridized carbons (Fsp3) is 0.429. The molecule has 2 atom stereocenters. The second-order valence-electron chi connectivity index (χ2n) is 10.5. The summed E-state index contributed by atoms with van der Waals surface area (Å²) in [7, 11) is 0. The van der Waals surface area contributed by atoms with Gasteiger partial charge in [-0.1, -0.05) is 42.5 Å². The molecule has 0 aromatic heterocycles. The SMILES string of the molecule is CC(C)(N)C(=O)N[C@H](COCc1ccccc1)C(=O)N1CCN2C(=O)CC(=O)[C@]2(Cc2ccc(F)cc2)C1.Cl. The lowest BCUT2D eigenvalue weighted by Crippen LogP contribution is -2.67. The number of fused-ring (bicyclic) bond motifs is 1. The first-order valence-corrected chi connectivity index (χ1v) is 12.6. The second-order valence-corrected chi connectivity index (χ2v) is 10.5. The molecule has 2 heterocycles. The fourth-order valence-electron chi connectivity index (χ4n) is 4.90. The van der Waals surface area contributed by atoms with Gasteiger partial charge in [-0.05, 0) is 37.1 Å². The summed E-state index contributed by atoms with van der Waals surface area (Å²) >= 11 is 0. The molecule has 3 N–H and O–H groups in total. The maximum Gasteiger partial charge on any atom is 0.247 e. The molecule has 39 heavy (non-hydrogen) atoms. The van der Waals surface area contributed by atoms with Crippen LogP contribution in [0.4, 0.5) is 4.39 Å². The average molecular weight is 561 g/mol. The van der Waals surface area contributed by atoms with Crippen molar-refractivity contribution < 1.29 is 28.3 Å². The summed E-state index contributed by atoms with van der Waals surface area (Å²) in [5.74, 6) is -1.93. The molecule has 9 nitrogen and oxygen atoms in total. The normalized spacial score (nSPS) is 19.8. The van der Waals surface area contributed by atoms with E-state index in [9.17, 15) is 23.6 Å². The van der Waals surface area contributed by atoms with Gasteiger partial charge in [0.1, 0.15) is 17.4 Å². The van der Waals surface area contributed by atoms with Crippen molar-refractivity contribution in [2.75, 3.05) is 26.2 Å². The molecule has 0 saturated carbocycles. The minimum Gasteiger partial charge on any atom is -0.374 e. The fourth-order valence-corrected chi connectivity index (χ4v) is 4.90. The van der Waals surface area contributed by atoms with Gasteiger partial charge in [0, 0.05) is 19.5 Å². The molecule has 0 unspecified atom stereocenters. The van der Waals surface area contributed by atoms with Crippen molar-refractivity contribution >= 4 is 35.9 Å². The lowest BCUT2D eigenvalue weighted by Gasteiger charge is -2.46. The molecule has 3 amide bonds. The standard InChI is InChI=1S/C28H33FN4O5.ClH/c1-27(2,30)26(37)31-22(17-38-16-20-6-4-3-5-7-20)25(36)32-12-13-33-24(35)14-23(34)28(33,18-32)15-19-8-10-21(29)11-9-19;/h3-11,22H,12-18,30H2,1-2H3,(H,31,37);1H/t22-,28+;/m1./s1. The molecule has 2 saturated heterocycles. The number of hydrogen-bond donors (Lipinski definition) is 2. The molecule has 2 aliphatic heterocycles. The van der Waals surface area contributed by atoms with Crippen LogP contribution >= 0.6 is 12.4 Å². The van der Waals surface area contributed by atoms with E-state index in [0.717, 1.165) is 5.56 Å². The predicted molar refractivity (Wildman–Crippen MR) is 144 cm³/mol. The van der Waals surface area contributed by atoms with Crippen LogP contribution in [0.15, 0.2) is 54.6 Å². The Bertz CT molecular complexity index is 1200. The van der Waals surface area contributed by atoms with Crippen LogP contribution in [-0.2, 0) is 36.9 Å². The molecule has 2 fully saturated rings. The molecule has 2 aliphatic rings. The zero-order chi connectivity index (χ0) is 27.5. The highest BCUT2D eigenvalue weighted by Gasteiger charge is 2.56. The summed E-state index contributed by atoms with van der Waals surface area (Å²) in [5.41, 5.74) is 5.06. The Morgan fingerprint density at radius 1 is 1.08 bits per heavy atom. The zero-order valence-corrected chi connectivity index (χ0v) is 22.8. The van der Waals surface area contributed by atoms with Gasteiger partial charge < -0.3 is 25.6 Å². The van der Waals surface area contributed by atoms with E-state index in [-0.39, 0.29) is 69.8 Å². The Hall–Kier alpha value is -3.34. The van der Waals surface area contributed by atoms with Gasteiger partial charge in [0.05, 0.1) is 31.7 Å². The van der Waals surface area contributed by atoms with Gasteiger partial charge in [-0.15, -0.1) is 12.4 Å². The van der Waals surface area contributed by atoms with Crippen LogP contribution in [0.25, 0.3) is 0 Å². The molecule has 2 aromatic rings. The smallest absolute Gasteiger partial charge is 0.247 e. The molecule has 210 valence electrons. The van der Waals surface area contributed by atoms with E-state index in [1.807, 2.05) is 30.3 Å². The second kappa shape index (κ2) is 12.2. The van der Waals surface area contributed by atoms with E-state index < -0.39 is 34.8 Å². The maximum atomic E-state index is 13.7. The molecular weight excluding hydrogens is 527 g/mol. The molecule has 0 bridgehead atoms. The number of carbonyl (C=O) groups excluding carboxylic acids is 4. The average Bonchev–Trinajstić information content (AvgIpc) is 3.12. The Balaban J connectivity index is 0.00000420. The number of amides is 3. The highest BCUT2D eigenvalue weighted by Crippen LogP contribution is 2.34. The van der Waals surface area contributed by atoms with Crippen molar-refractivity contribution in [2.45, 2.75) is 50.4 Å². The van der Waals surface area contributed by atoms with Crippen molar-refractivity contribution in [3.63, 3.8) is 0 Å². The number of ketones is 1. The van der Waals surface area contributed by atoms with E-state index in [1.165, 1.54) is 35.8 Å². The van der Waals surface area contributed by atoms with Crippen LogP contribution in [0, 0.1) is 5.82 Å². The third-order valence-electron chi connectivity index (χ3n) is 7.00. The molecule has 0 aliphatic carbocycles. The summed E-state index contributed by atoms with van der Waals surface area (Å²) in [4.78, 5) is 55.3. The number of halogens is 2. The van der Waals surface area contributed by atoms with Gasteiger partial charge in [0.25, 0.3) is 0 Å². The third-order valence-corrected chi connectivity index (χ3v) is 7.00. The summed E-state index contributed by atoms with van der Waals surface area (Å²) in [6, 6.07) is 14.1. The number of rotatable bonds is 9. The highest BCUT2D eigenvalue weighted by molar-refractivity contribution is 6.11. The number of Topliss-reactive ketones (excluding diaryl/α,β-unsaturated/α-hetero) is 1. The lowest BCUT2D eigenvalue weighted by molar-refractivity contribution is -0.149. The largest absolute Gasteiger partial charge is 0.374 e. The van der Waals surface area contributed by atoms with E-state index in [4.69, 9.17) is 10.5 Å². The monoisotopic (exact) mass is 560 g/mol. The Morgan fingerprint density at radius 2 is 1.74 bits per heavy atom. The summed E-state index contributed by atoms with van der Waals surface area (Å²) in [5, 5.41) is 2.70. The van der Waals surface area contributed by atoms with Crippen LogP contribution in [0.1, 0.15) is 31.4 Å². The van der Waals surface area contributed by atoms with Crippen molar-refractivity contribution in [2.24, 2.45) is 5.73 Å². The minimum absolute atomic E-state index is 0. The third kappa shape index (κ3) is 6.81. The van der Waals surface area contributed by atoms with Gasteiger partial charge in [0.15, 0.2) is 5.78 Å². The molecule has 2 aromatic carbocycles. The summed E-state index contributed by atoms with van der Waals surface area (Å²) in [6.45, 7) is 3.54. The van der Waals surface area contributed by atoms with Gasteiger partial charge in [-0.2, -0.15) is 0 Å². The van der Waals surface area contributed by atoms with Gasteiger partial charge in [0.2, 0.25) is 17.7 Å². The van der Waals surface area contributed by atoms with E-state index in [2.05, 4.69) is 5.32 Å². The van der Waals surface area contributed by atoms with Gasteiger partial charge in [-0.3, -0.25) is 19.2 Å². The topological polar surface area (TPSA) is 122 Å². The van der Waals surface area contributed by atoms with E-state index >= 15 is 0 Å². The maximum absolute atomic E-state index is 13.7. The van der Waals surface area contributed by atoms with Gasteiger partial charge in [-0.25, -0.2) is 4.39 Å². The first-order valence-electron chi connectivity index (χ1n) is 12.6. The van der Waals surface area contributed by atoms with Crippen LogP contribution in [-0.4, -0.2) is 76.7 Å². The number of benzene rings is 2. The molecule has 4 rings (SSSR count). The number of nitrogens with two attached hydrogens (primary N) is 1. The van der Waals surface area contributed by atoms with Crippen molar-refractivity contribution in [3.8, 4) is 0 Å². The number of piperazine rings is 1. The number of hydrogen-bond acceptors (Lipinski definition) is 6. The predicted octanol–water partition coefficient (Wildman–Crippen LogP) is 1.61. The number of nitrogens with zero attached hydrogens (tertiary/aromatic N) is 2. The Kier molecular flexibility index (Phi) is 9.47. The zero-order valence-electron chi connectivity index (χ0n) is 22.0. The molecule has 0 spiro atoms. The molecule has 0 radical (unpaired) electrons. The van der Waals surface area contributed by atoms with Gasteiger partial charge >= 0.3 is 0 Å². The van der Waals surface area contributed by atoms with E-state index in [0.29, 0.717) is 5.56 Å². The number of carbonyl (C=O) groups is 4. The number of nitrogens with one attached hydrogen (secondary N) is 1. The molecule has 11 heteroatoms. The Labute approximate surface area is 233 Å². The van der Waals surface area contributed by atoms with Crippen LogP contribution in [0.5, 0.6) is 0 Å². The minimum atomic E-state index is -1.25.